The number of anilines is 1. The molecule has 0 aliphatic carbocycles. The van der Waals surface area contributed by atoms with Crippen LogP contribution in [0.25, 0.3) is 11.2 Å². The number of methoxy groups -OCH3 is 3. The lowest BCUT2D eigenvalue weighted by atomic mass is 9.80. The number of ether oxygens (including phenoxy) is 6. The van der Waals surface area contributed by atoms with E-state index in [9.17, 15) is 24.4 Å². The van der Waals surface area contributed by atoms with E-state index in [1.165, 1.54) is 18.0 Å². The van der Waals surface area contributed by atoms with Crippen molar-refractivity contribution in [2.24, 2.45) is 11.8 Å². The summed E-state index contributed by atoms with van der Waals surface area (Å²) in [5.74, 6) is -1.55. The molecule has 0 saturated carbocycles. The summed E-state index contributed by atoms with van der Waals surface area (Å²) in [6.07, 6.45) is -6.89. The van der Waals surface area contributed by atoms with E-state index in [0.29, 0.717) is 28.2 Å². The van der Waals surface area contributed by atoms with Gasteiger partial charge in [0, 0.05) is 62.3 Å². The van der Waals surface area contributed by atoms with Crippen molar-refractivity contribution in [3.8, 4) is 17.6 Å². The number of alkyl halides is 1. The first-order chi connectivity index (χ1) is 40.2. The Labute approximate surface area is 487 Å². The number of fused-ring (bicyclic) bond motifs is 1. The van der Waals surface area contributed by atoms with Gasteiger partial charge < -0.3 is 42.4 Å². The Kier molecular flexibility index (Phi) is 20.7. The Balaban J connectivity index is 1.19. The van der Waals surface area contributed by atoms with E-state index in [2.05, 4.69) is 31.3 Å². The number of aromatic amines is 2. The summed E-state index contributed by atoms with van der Waals surface area (Å²) in [5.41, 5.74) is -1.58. The fourth-order valence-electron chi connectivity index (χ4n) is 10.7. The Bertz CT molecular complexity index is 3350. The lowest BCUT2D eigenvalue weighted by Crippen LogP contribution is -2.48. The van der Waals surface area contributed by atoms with Crippen molar-refractivity contribution in [1.29, 1.82) is 5.26 Å². The van der Waals surface area contributed by atoms with Crippen LogP contribution in [0.2, 0.25) is 0 Å². The molecule has 6 aromatic rings. The number of nitrogens with one attached hydrogen (secondary N) is 3. The van der Waals surface area contributed by atoms with E-state index >= 15 is 9.18 Å². The molecule has 0 spiro atoms. The number of hydrogen-bond acceptors (Lipinski definition) is 17. The normalized spacial score (nSPS) is 21.2. The number of rotatable bonds is 26. The Morgan fingerprint density at radius 1 is 0.810 bits per heavy atom. The first kappa shape index (κ1) is 62.8. The number of imidazole rings is 1. The Morgan fingerprint density at radius 3 is 1.99 bits per heavy atom. The molecule has 3 aromatic heterocycles. The van der Waals surface area contributed by atoms with Crippen LogP contribution in [-0.2, 0) is 43.2 Å². The van der Waals surface area contributed by atoms with Gasteiger partial charge in [0.05, 0.1) is 52.4 Å². The van der Waals surface area contributed by atoms with Crippen molar-refractivity contribution >= 4 is 37.5 Å². The molecule has 84 heavy (non-hydrogen) atoms. The highest BCUT2D eigenvalue weighted by Crippen LogP contribution is 2.51. The molecule has 8 rings (SSSR count). The number of H-pyrrole nitrogens is 2. The average Bonchev–Trinajstić information content (AvgIpc) is 3.36. The maximum atomic E-state index is 17.8. The van der Waals surface area contributed by atoms with Gasteiger partial charge in [0.15, 0.2) is 29.8 Å². The number of carbonyl (C=O) groups is 2. The number of benzene rings is 3. The van der Waals surface area contributed by atoms with Gasteiger partial charge in [0.2, 0.25) is 17.8 Å². The van der Waals surface area contributed by atoms with Gasteiger partial charge in [-0.3, -0.25) is 43.6 Å². The lowest BCUT2D eigenvalue weighted by molar-refractivity contribution is -0.139. The summed E-state index contributed by atoms with van der Waals surface area (Å²) in [6.45, 7) is 14.5. The molecule has 2 saturated heterocycles. The molecule has 23 nitrogen and oxygen atoms in total. The minimum absolute atomic E-state index is 0.0371. The molecule has 0 radical (unpaired) electrons. The molecule has 2 aliphatic heterocycles. The molecule has 25 heteroatoms. The number of hydrogen-bond donors (Lipinski definition) is 3. The van der Waals surface area contributed by atoms with Gasteiger partial charge in [-0.2, -0.15) is 10.2 Å². The topological polar surface area (TPSA) is 269 Å². The zero-order valence-electron chi connectivity index (χ0n) is 49.0. The largest absolute Gasteiger partial charge is 0.497 e. The zero-order valence-corrected chi connectivity index (χ0v) is 49.9. The Hall–Kier alpha value is -7.20. The maximum Gasteiger partial charge on any atom is 0.330 e. The van der Waals surface area contributed by atoms with Gasteiger partial charge >= 0.3 is 5.69 Å². The summed E-state index contributed by atoms with van der Waals surface area (Å²) < 4.78 is 73.8. The van der Waals surface area contributed by atoms with Crippen LogP contribution >= 0.6 is 8.53 Å². The van der Waals surface area contributed by atoms with Crippen LogP contribution in [0.4, 0.5) is 10.3 Å². The third-order valence-corrected chi connectivity index (χ3v) is 17.0. The summed E-state index contributed by atoms with van der Waals surface area (Å²) in [6, 6.07) is 26.6. The highest BCUT2D eigenvalue weighted by molar-refractivity contribution is 7.44. The van der Waals surface area contributed by atoms with E-state index < -0.39 is 110 Å². The summed E-state index contributed by atoms with van der Waals surface area (Å²) in [4.78, 5) is 82.8. The van der Waals surface area contributed by atoms with Crippen molar-refractivity contribution in [3.63, 3.8) is 0 Å². The van der Waals surface area contributed by atoms with E-state index in [-0.39, 0.29) is 55.4 Å². The number of nitriles is 1. The number of halogens is 1. The van der Waals surface area contributed by atoms with Crippen molar-refractivity contribution in [2.75, 3.05) is 46.4 Å². The molecule has 2 aliphatic rings. The van der Waals surface area contributed by atoms with Crippen molar-refractivity contribution in [1.82, 2.24) is 38.6 Å². The third kappa shape index (κ3) is 13.5. The summed E-state index contributed by atoms with van der Waals surface area (Å²) in [5, 5.41) is 12.2. The second kappa shape index (κ2) is 27.7. The van der Waals surface area contributed by atoms with Crippen LogP contribution in [0.5, 0.6) is 11.5 Å². The zero-order chi connectivity index (χ0) is 60.6. The number of carbonyl (C=O) groups excluding carboxylic acids is 2. The highest BCUT2D eigenvalue weighted by Gasteiger charge is 2.53. The predicted octanol–water partition coefficient (Wildman–Crippen LogP) is 7.34. The van der Waals surface area contributed by atoms with Crippen molar-refractivity contribution in [2.45, 2.75) is 135 Å². The molecule has 0 bridgehead atoms. The van der Waals surface area contributed by atoms with Crippen LogP contribution in [-0.4, -0.2) is 140 Å². The van der Waals surface area contributed by atoms with Crippen LogP contribution in [0.3, 0.4) is 0 Å². The molecule has 3 N–H and O–H groups in total. The molecule has 1 unspecified atom stereocenters. The fourth-order valence-corrected chi connectivity index (χ4v) is 12.5. The van der Waals surface area contributed by atoms with Crippen LogP contribution < -0.4 is 31.6 Å². The van der Waals surface area contributed by atoms with Crippen LogP contribution in [0.1, 0.15) is 97.4 Å². The van der Waals surface area contributed by atoms with Crippen molar-refractivity contribution in [3.05, 3.63) is 145 Å². The minimum Gasteiger partial charge on any atom is -0.497 e. The van der Waals surface area contributed by atoms with Gasteiger partial charge in [-0.15, -0.1) is 0 Å². The fraction of sp³-hybridized carbons (Fsp3) is 0.492. The summed E-state index contributed by atoms with van der Waals surface area (Å²) in [7, 11) is 2.62. The van der Waals surface area contributed by atoms with Gasteiger partial charge in [-0.1, -0.05) is 68.4 Å². The molecule has 9 atom stereocenters. The number of amides is 2. The third-order valence-electron chi connectivity index (χ3n) is 14.9. The molecule has 3 aromatic carbocycles. The van der Waals surface area contributed by atoms with Gasteiger partial charge in [-0.25, -0.2) is 18.8 Å². The lowest BCUT2D eigenvalue weighted by Gasteiger charge is -2.39. The molecular formula is C59H74FN10O13P. The maximum absolute atomic E-state index is 17.8. The minimum atomic E-state index is -2.01. The van der Waals surface area contributed by atoms with E-state index in [4.69, 9.17) is 37.5 Å². The van der Waals surface area contributed by atoms with E-state index in [1.807, 2.05) is 87.0 Å². The first-order valence-electron chi connectivity index (χ1n) is 27.8. The number of nitrogens with zero attached hydrogens (tertiary/aromatic N) is 7. The SMILES string of the molecule is COc1ccc(C(OC[C@H]2O[C@@H](n3ccc(=O)[nH]c3=O)[C@H](F)[C@@H]2CC(=O)N(C[C@H]2O[C@@H](n3cnc4c(=O)[nH]c(NC(=O)C(C)C)nc43)[C@H](OC)[C@@H]2OP(OCCC#N)N(C(C)C)C(C)C)C(C)C)(c2ccccc2)c2ccc(OC)cc2)cc1. The molecule has 450 valence electrons. The quantitative estimate of drug-likeness (QED) is 0.0272. The van der Waals surface area contributed by atoms with E-state index in [1.54, 1.807) is 71.1 Å². The van der Waals surface area contributed by atoms with Gasteiger partial charge in [0.1, 0.15) is 35.4 Å². The molecular weight excluding hydrogens is 1110 g/mol. The Morgan fingerprint density at radius 2 is 1.43 bits per heavy atom. The summed E-state index contributed by atoms with van der Waals surface area (Å²) >= 11 is 0. The van der Waals surface area contributed by atoms with Crippen LogP contribution in [0.15, 0.2) is 112 Å². The molecule has 2 fully saturated rings. The number of aromatic nitrogens is 6. The van der Waals surface area contributed by atoms with Crippen LogP contribution in [0, 0.1) is 23.2 Å². The highest BCUT2D eigenvalue weighted by atomic mass is 31.2. The predicted molar refractivity (Wildman–Crippen MR) is 310 cm³/mol. The van der Waals surface area contributed by atoms with E-state index in [0.717, 1.165) is 16.8 Å². The first-order valence-corrected chi connectivity index (χ1v) is 29.0. The average molecular weight is 1180 g/mol. The standard InChI is InChI=1S/C59H74FN10O13P/c1-34(2)53(73)65-57-64-52-49(54(74)66-57)62-33-69(52)56-51(78-11)50(83-84(80-29-15-27-61)70(36(5)6)37(7)8)44(81-56)31-68(35(3)4)47(72)30-43-45(82-55(48(43)60)67-28-26-46(71)63-58(67)75)32-79-59(38-16-13-12-14-17-38,39-18-22-41(76-9)23-19-39)40-20-24-42(77-10)25-21-40/h12-14,16-26,28,33-37,43-45,48,50-51,55-56H,15,29-32H2,1-11H3,(H,63,71,75)(H2,64,65,66,73,74)/t43-,44-,45-,48-,50-,51-,55-,56-,84?/m1/s1. The van der Waals surface area contributed by atoms with Crippen molar-refractivity contribution < 1.29 is 51.4 Å². The second-order valence-corrected chi connectivity index (χ2v) is 23.0. The monoisotopic (exact) mass is 1180 g/mol. The van der Waals surface area contributed by atoms with Gasteiger partial charge in [-0.05, 0) is 82.5 Å². The second-order valence-electron chi connectivity index (χ2n) is 21.6. The smallest absolute Gasteiger partial charge is 0.330 e. The van der Waals surface area contributed by atoms with Gasteiger partial charge in [0.25, 0.3) is 19.6 Å². The molecule has 5 heterocycles. The molecule has 2 amide bonds.